The zero-order valence-corrected chi connectivity index (χ0v) is 41.6. The second kappa shape index (κ2) is 51.7. The Bertz CT molecular complexity index is 1150. The summed E-state index contributed by atoms with van der Waals surface area (Å²) in [6, 6.07) is 0. The molecular weight excluding hydrogens is 781 g/mol. The average Bonchev–Trinajstić information content (AvgIpc) is 3.28. The maximum atomic E-state index is 12.7. The predicted octanol–water partition coefficient (Wildman–Crippen LogP) is 17.6. The van der Waals surface area contributed by atoms with Crippen molar-refractivity contribution in [1.29, 1.82) is 0 Å². The van der Waals surface area contributed by atoms with E-state index < -0.39 is 12.1 Å². The van der Waals surface area contributed by atoms with Crippen molar-refractivity contribution in [3.05, 3.63) is 60.8 Å². The highest BCUT2D eigenvalue weighted by molar-refractivity contribution is 5.72. The summed E-state index contributed by atoms with van der Waals surface area (Å²) in [5, 5.41) is 0. The molecule has 1 unspecified atom stereocenters. The fourth-order valence-electron chi connectivity index (χ4n) is 7.58. The van der Waals surface area contributed by atoms with Crippen molar-refractivity contribution in [2.75, 3.05) is 13.2 Å². The van der Waals surface area contributed by atoms with Gasteiger partial charge in [0.25, 0.3) is 0 Å². The first-order chi connectivity index (χ1) is 31.0. The Morgan fingerprint density at radius 3 is 0.905 bits per heavy atom. The summed E-state index contributed by atoms with van der Waals surface area (Å²) in [4.78, 5) is 37.9. The molecule has 364 valence electrons. The van der Waals surface area contributed by atoms with Gasteiger partial charge >= 0.3 is 17.9 Å². The van der Waals surface area contributed by atoms with Crippen LogP contribution in [0.2, 0.25) is 0 Å². The first-order valence-corrected chi connectivity index (χ1v) is 26.8. The molecule has 0 radical (unpaired) electrons. The molecule has 0 aliphatic carbocycles. The Morgan fingerprint density at radius 2 is 0.603 bits per heavy atom. The highest BCUT2D eigenvalue weighted by atomic mass is 16.6. The number of ether oxygens (including phenoxy) is 3. The number of carbonyl (C=O) groups is 3. The summed E-state index contributed by atoms with van der Waals surface area (Å²) in [5.74, 6) is -1.03. The van der Waals surface area contributed by atoms with Gasteiger partial charge in [0, 0.05) is 12.8 Å². The summed E-state index contributed by atoms with van der Waals surface area (Å²) < 4.78 is 16.7. The molecule has 0 rings (SSSR count). The fraction of sp³-hybridized carbons (Fsp3) is 0.772. The molecule has 0 spiro atoms. The van der Waals surface area contributed by atoms with Crippen LogP contribution in [0.4, 0.5) is 0 Å². The van der Waals surface area contributed by atoms with Gasteiger partial charge in [0.05, 0.1) is 6.42 Å². The van der Waals surface area contributed by atoms with Gasteiger partial charge in [-0.2, -0.15) is 0 Å². The Kier molecular flexibility index (Phi) is 49.4. The van der Waals surface area contributed by atoms with E-state index in [1.807, 2.05) is 6.08 Å². The summed E-state index contributed by atoms with van der Waals surface area (Å²) in [7, 11) is 0. The van der Waals surface area contributed by atoms with Gasteiger partial charge in [-0.1, -0.05) is 261 Å². The van der Waals surface area contributed by atoms with Crippen LogP contribution in [0.3, 0.4) is 0 Å². The van der Waals surface area contributed by atoms with E-state index in [2.05, 4.69) is 69.4 Å². The maximum absolute atomic E-state index is 12.7. The van der Waals surface area contributed by atoms with Crippen LogP contribution in [-0.4, -0.2) is 37.2 Å². The van der Waals surface area contributed by atoms with Crippen LogP contribution in [0, 0.1) is 0 Å². The molecule has 0 saturated carbocycles. The SMILES string of the molecule is CC/C=C\C/C=C\C/C=C\C/C=C\C/C=C\CC(=O)OC(COC(=O)CCCCCCCCCCCC)COC(=O)CCCCCCCCCCCCCCCCCCCCCC. The van der Waals surface area contributed by atoms with Gasteiger partial charge in [-0.3, -0.25) is 14.4 Å². The van der Waals surface area contributed by atoms with Crippen molar-refractivity contribution in [1.82, 2.24) is 0 Å². The summed E-state index contributed by atoms with van der Waals surface area (Å²) in [6.07, 6.45) is 63.9. The molecule has 0 heterocycles. The molecule has 0 N–H and O–H groups in total. The van der Waals surface area contributed by atoms with Crippen LogP contribution < -0.4 is 0 Å². The molecule has 0 aliphatic heterocycles. The van der Waals surface area contributed by atoms with Crippen molar-refractivity contribution >= 4 is 17.9 Å². The molecule has 0 aromatic carbocycles. The lowest BCUT2D eigenvalue weighted by molar-refractivity contribution is -0.166. The number of rotatable bonds is 48. The molecule has 0 aromatic heterocycles. The zero-order chi connectivity index (χ0) is 45.8. The van der Waals surface area contributed by atoms with E-state index in [9.17, 15) is 14.4 Å². The molecule has 0 aliphatic rings. The lowest BCUT2D eigenvalue weighted by Crippen LogP contribution is -2.30. The first-order valence-electron chi connectivity index (χ1n) is 26.8. The van der Waals surface area contributed by atoms with Crippen LogP contribution in [0.25, 0.3) is 0 Å². The summed E-state index contributed by atoms with van der Waals surface area (Å²) >= 11 is 0. The van der Waals surface area contributed by atoms with Crippen LogP contribution in [-0.2, 0) is 28.6 Å². The number of esters is 3. The second-order valence-corrected chi connectivity index (χ2v) is 17.8. The molecule has 63 heavy (non-hydrogen) atoms. The minimum atomic E-state index is -0.823. The molecule has 0 bridgehead atoms. The quantitative estimate of drug-likeness (QED) is 0.0262. The Morgan fingerprint density at radius 1 is 0.333 bits per heavy atom. The second-order valence-electron chi connectivity index (χ2n) is 17.8. The zero-order valence-electron chi connectivity index (χ0n) is 41.6. The maximum Gasteiger partial charge on any atom is 0.310 e. The van der Waals surface area contributed by atoms with Crippen molar-refractivity contribution in [2.45, 2.75) is 271 Å². The van der Waals surface area contributed by atoms with Crippen molar-refractivity contribution in [3.63, 3.8) is 0 Å². The molecular formula is C57H100O6. The van der Waals surface area contributed by atoms with Gasteiger partial charge in [0.1, 0.15) is 13.2 Å². The van der Waals surface area contributed by atoms with E-state index in [0.29, 0.717) is 12.8 Å². The van der Waals surface area contributed by atoms with Crippen molar-refractivity contribution in [2.24, 2.45) is 0 Å². The average molecular weight is 881 g/mol. The Hall–Kier alpha value is -2.89. The van der Waals surface area contributed by atoms with Crippen molar-refractivity contribution in [3.8, 4) is 0 Å². The minimum absolute atomic E-state index is 0.101. The number of carbonyl (C=O) groups excluding carboxylic acids is 3. The normalized spacial score (nSPS) is 12.5. The van der Waals surface area contributed by atoms with Crippen LogP contribution in [0.5, 0.6) is 0 Å². The first kappa shape index (κ1) is 60.1. The largest absolute Gasteiger partial charge is 0.462 e. The van der Waals surface area contributed by atoms with Crippen LogP contribution >= 0.6 is 0 Å². The number of allylic oxidation sites excluding steroid dienone is 9. The van der Waals surface area contributed by atoms with E-state index in [1.54, 1.807) is 6.08 Å². The molecule has 6 heteroatoms. The van der Waals surface area contributed by atoms with Crippen LogP contribution in [0.1, 0.15) is 265 Å². The monoisotopic (exact) mass is 881 g/mol. The third kappa shape index (κ3) is 50.0. The standard InChI is InChI=1S/C57H100O6/c1-4-7-10-13-16-19-22-24-26-27-28-29-30-32-33-35-38-41-44-47-50-56(59)62-53-54(52-61-55(58)49-46-43-40-37-21-18-15-12-9-6-3)63-57(60)51-48-45-42-39-36-34-31-25-23-20-17-14-11-8-5-2/h8,11,17,20,25,31,36,39,45,48,54H,4-7,9-10,12-16,18-19,21-24,26-30,32-35,37-38,40-44,46-47,49-53H2,1-3H3/b11-8-,20-17-,31-25-,39-36-,48-45-. The Balaban J connectivity index is 4.37. The van der Waals surface area contributed by atoms with E-state index in [4.69, 9.17) is 14.2 Å². The summed E-state index contributed by atoms with van der Waals surface area (Å²) in [5.41, 5.74) is 0. The molecule has 0 amide bonds. The number of hydrogen-bond acceptors (Lipinski definition) is 6. The van der Waals surface area contributed by atoms with E-state index in [1.165, 1.54) is 154 Å². The molecule has 0 fully saturated rings. The Labute approximate surface area is 390 Å². The molecule has 6 nitrogen and oxygen atoms in total. The number of unbranched alkanes of at least 4 members (excludes halogenated alkanes) is 28. The lowest BCUT2D eigenvalue weighted by Gasteiger charge is -2.18. The smallest absolute Gasteiger partial charge is 0.310 e. The summed E-state index contributed by atoms with van der Waals surface area (Å²) in [6.45, 7) is 6.45. The molecule has 0 aromatic rings. The lowest BCUT2D eigenvalue weighted by atomic mass is 10.0. The topological polar surface area (TPSA) is 78.9 Å². The molecule has 0 saturated heterocycles. The van der Waals surface area contributed by atoms with Crippen LogP contribution in [0.15, 0.2) is 60.8 Å². The third-order valence-corrected chi connectivity index (χ3v) is 11.6. The van der Waals surface area contributed by atoms with E-state index >= 15 is 0 Å². The highest BCUT2D eigenvalue weighted by Gasteiger charge is 2.19. The van der Waals surface area contributed by atoms with E-state index in [-0.39, 0.29) is 31.6 Å². The van der Waals surface area contributed by atoms with Gasteiger partial charge < -0.3 is 14.2 Å². The molecule has 1 atom stereocenters. The highest BCUT2D eigenvalue weighted by Crippen LogP contribution is 2.16. The minimum Gasteiger partial charge on any atom is -0.462 e. The van der Waals surface area contributed by atoms with Gasteiger partial charge in [-0.15, -0.1) is 0 Å². The number of hydrogen-bond donors (Lipinski definition) is 0. The predicted molar refractivity (Wildman–Crippen MR) is 270 cm³/mol. The van der Waals surface area contributed by atoms with Gasteiger partial charge in [0.15, 0.2) is 6.10 Å². The fourth-order valence-corrected chi connectivity index (χ4v) is 7.58. The van der Waals surface area contributed by atoms with Gasteiger partial charge in [-0.05, 0) is 44.9 Å². The van der Waals surface area contributed by atoms with Gasteiger partial charge in [-0.25, -0.2) is 0 Å². The van der Waals surface area contributed by atoms with Crippen molar-refractivity contribution < 1.29 is 28.6 Å². The third-order valence-electron chi connectivity index (χ3n) is 11.6. The van der Waals surface area contributed by atoms with Gasteiger partial charge in [0.2, 0.25) is 0 Å². The van der Waals surface area contributed by atoms with E-state index in [0.717, 1.165) is 70.6 Å².